The summed E-state index contributed by atoms with van der Waals surface area (Å²) < 4.78 is 18.1. The summed E-state index contributed by atoms with van der Waals surface area (Å²) in [5.41, 5.74) is 1.93. The maximum Gasteiger partial charge on any atom is 0.258 e. The zero-order valence-electron chi connectivity index (χ0n) is 15.5. The molecule has 0 radical (unpaired) electrons. The molecule has 0 unspecified atom stereocenters. The highest BCUT2D eigenvalue weighted by molar-refractivity contribution is 9.10. The Morgan fingerprint density at radius 1 is 1.07 bits per heavy atom. The van der Waals surface area contributed by atoms with Gasteiger partial charge in [0.2, 0.25) is 5.89 Å². The van der Waals surface area contributed by atoms with Gasteiger partial charge in [0.1, 0.15) is 18.1 Å². The van der Waals surface area contributed by atoms with E-state index >= 15 is 0 Å². The molecule has 0 spiro atoms. The average Bonchev–Trinajstić information content (AvgIpc) is 3.44. The number of thiophene rings is 1. The normalized spacial score (nSPS) is 11.1. The van der Waals surface area contributed by atoms with Crippen molar-refractivity contribution >= 4 is 39.4 Å². The van der Waals surface area contributed by atoms with Crippen molar-refractivity contribution in [3.63, 3.8) is 0 Å². The first-order valence-electron chi connectivity index (χ1n) is 8.82. The lowest BCUT2D eigenvalue weighted by Gasteiger charge is -2.11. The molecule has 2 aromatic heterocycles. The van der Waals surface area contributed by atoms with Crippen LogP contribution in [0.2, 0.25) is 0 Å². The predicted molar refractivity (Wildman–Crippen MR) is 118 cm³/mol. The van der Waals surface area contributed by atoms with Crippen molar-refractivity contribution in [1.82, 2.24) is 10.2 Å². The number of aromatic nitrogens is 2. The SMILES string of the molecule is COc1ccc(/C=C\c2nnc(-c3cccs3)o2)cc1COc1ccc(Br)cc1. The Bertz CT molecular complexity index is 1110. The second kappa shape index (κ2) is 9.07. The molecule has 2 aromatic carbocycles. The Hall–Kier alpha value is -2.90. The first-order valence-corrected chi connectivity index (χ1v) is 10.5. The zero-order valence-corrected chi connectivity index (χ0v) is 17.9. The number of hydrogen-bond donors (Lipinski definition) is 0. The lowest BCUT2D eigenvalue weighted by atomic mass is 10.1. The Morgan fingerprint density at radius 3 is 2.69 bits per heavy atom. The highest BCUT2D eigenvalue weighted by Crippen LogP contribution is 2.25. The van der Waals surface area contributed by atoms with Gasteiger partial charge >= 0.3 is 0 Å². The van der Waals surface area contributed by atoms with Gasteiger partial charge in [-0.05, 0) is 59.5 Å². The Morgan fingerprint density at radius 2 is 1.93 bits per heavy atom. The van der Waals surface area contributed by atoms with E-state index in [1.54, 1.807) is 24.5 Å². The second-order valence-electron chi connectivity index (χ2n) is 6.07. The van der Waals surface area contributed by atoms with Crippen LogP contribution in [0.15, 0.2) is 68.9 Å². The predicted octanol–water partition coefficient (Wildman–Crippen LogP) is 6.32. The van der Waals surface area contributed by atoms with Crippen molar-refractivity contribution in [2.75, 3.05) is 7.11 Å². The highest BCUT2D eigenvalue weighted by atomic mass is 79.9. The van der Waals surface area contributed by atoms with Gasteiger partial charge in [0, 0.05) is 16.1 Å². The molecule has 0 N–H and O–H groups in total. The van der Waals surface area contributed by atoms with E-state index in [-0.39, 0.29) is 0 Å². The molecule has 29 heavy (non-hydrogen) atoms. The third kappa shape index (κ3) is 4.93. The molecule has 7 heteroatoms. The van der Waals surface area contributed by atoms with Crippen molar-refractivity contribution < 1.29 is 13.9 Å². The van der Waals surface area contributed by atoms with E-state index < -0.39 is 0 Å². The van der Waals surface area contributed by atoms with E-state index in [2.05, 4.69) is 26.1 Å². The van der Waals surface area contributed by atoms with Crippen molar-refractivity contribution in [2.24, 2.45) is 0 Å². The summed E-state index contributed by atoms with van der Waals surface area (Å²) in [6.07, 6.45) is 3.72. The number of nitrogens with zero attached hydrogens (tertiary/aromatic N) is 2. The highest BCUT2D eigenvalue weighted by Gasteiger charge is 2.08. The zero-order chi connectivity index (χ0) is 20.1. The van der Waals surface area contributed by atoms with E-state index in [1.807, 2.05) is 66.1 Å². The van der Waals surface area contributed by atoms with Crippen LogP contribution >= 0.6 is 27.3 Å². The largest absolute Gasteiger partial charge is 0.496 e. The van der Waals surface area contributed by atoms with Crippen LogP contribution in [0.5, 0.6) is 11.5 Å². The molecule has 0 atom stereocenters. The molecule has 0 saturated carbocycles. The maximum absolute atomic E-state index is 5.89. The molecule has 0 fully saturated rings. The van der Waals surface area contributed by atoms with E-state index in [9.17, 15) is 0 Å². The van der Waals surface area contributed by atoms with Crippen LogP contribution in [0.3, 0.4) is 0 Å². The molecule has 4 aromatic rings. The van der Waals surface area contributed by atoms with Gasteiger partial charge in [-0.15, -0.1) is 21.5 Å². The quantitative estimate of drug-likeness (QED) is 0.317. The van der Waals surface area contributed by atoms with E-state index in [4.69, 9.17) is 13.9 Å². The molecule has 4 rings (SSSR count). The monoisotopic (exact) mass is 468 g/mol. The van der Waals surface area contributed by atoms with Crippen LogP contribution in [0, 0.1) is 0 Å². The summed E-state index contributed by atoms with van der Waals surface area (Å²) in [4.78, 5) is 0.953. The van der Waals surface area contributed by atoms with Gasteiger partial charge in [0.25, 0.3) is 5.89 Å². The number of halogens is 1. The van der Waals surface area contributed by atoms with Gasteiger partial charge in [-0.25, -0.2) is 0 Å². The molecule has 0 bridgehead atoms. The third-order valence-corrected chi connectivity index (χ3v) is 5.49. The second-order valence-corrected chi connectivity index (χ2v) is 7.93. The molecule has 0 aliphatic rings. The Balaban J connectivity index is 1.48. The summed E-state index contributed by atoms with van der Waals surface area (Å²) in [6, 6.07) is 17.5. The summed E-state index contributed by atoms with van der Waals surface area (Å²) in [6.45, 7) is 0.398. The lowest BCUT2D eigenvalue weighted by Crippen LogP contribution is -1.99. The van der Waals surface area contributed by atoms with Crippen LogP contribution < -0.4 is 9.47 Å². The fourth-order valence-corrected chi connectivity index (χ4v) is 3.58. The van der Waals surface area contributed by atoms with Gasteiger partial charge in [0.05, 0.1) is 12.0 Å². The Labute approximate surface area is 180 Å². The van der Waals surface area contributed by atoms with Crippen molar-refractivity contribution in [1.29, 1.82) is 0 Å². The van der Waals surface area contributed by atoms with Crippen LogP contribution in [0.25, 0.3) is 22.9 Å². The van der Waals surface area contributed by atoms with Crippen molar-refractivity contribution in [3.8, 4) is 22.3 Å². The standard InChI is InChI=1S/C22H17BrN2O3S/c1-26-19-10-4-15(13-16(19)14-27-18-8-6-17(23)7-9-18)5-11-21-24-25-22(28-21)20-3-2-12-29-20/h2-13H,14H2,1H3/b11-5-. The summed E-state index contributed by atoms with van der Waals surface area (Å²) in [7, 11) is 1.65. The molecule has 146 valence electrons. The van der Waals surface area contributed by atoms with Crippen molar-refractivity contribution in [2.45, 2.75) is 6.61 Å². The van der Waals surface area contributed by atoms with Crippen molar-refractivity contribution in [3.05, 3.63) is 81.5 Å². The molecule has 0 aliphatic carbocycles. The van der Waals surface area contributed by atoms with Gasteiger partial charge in [0.15, 0.2) is 0 Å². The van der Waals surface area contributed by atoms with E-state index in [1.165, 1.54) is 0 Å². The van der Waals surface area contributed by atoms with Gasteiger partial charge in [-0.2, -0.15) is 0 Å². The third-order valence-electron chi connectivity index (χ3n) is 4.10. The fraction of sp³-hybridized carbons (Fsp3) is 0.0909. The molecule has 0 aliphatic heterocycles. The average molecular weight is 469 g/mol. The minimum Gasteiger partial charge on any atom is -0.496 e. The molecular weight excluding hydrogens is 452 g/mol. The van der Waals surface area contributed by atoms with Crippen LogP contribution in [0.4, 0.5) is 0 Å². The van der Waals surface area contributed by atoms with Crippen LogP contribution in [-0.2, 0) is 6.61 Å². The van der Waals surface area contributed by atoms with E-state index in [0.29, 0.717) is 18.4 Å². The molecule has 2 heterocycles. The molecule has 0 amide bonds. The van der Waals surface area contributed by atoms with Crippen LogP contribution in [-0.4, -0.2) is 17.3 Å². The molecule has 0 saturated heterocycles. The summed E-state index contributed by atoms with van der Waals surface area (Å²) >= 11 is 4.99. The van der Waals surface area contributed by atoms with E-state index in [0.717, 1.165) is 32.0 Å². The number of methoxy groups -OCH3 is 1. The maximum atomic E-state index is 5.89. The smallest absolute Gasteiger partial charge is 0.258 e. The Kier molecular flexibility index (Phi) is 6.07. The number of benzene rings is 2. The number of rotatable bonds is 7. The lowest BCUT2D eigenvalue weighted by molar-refractivity contribution is 0.296. The number of hydrogen-bond acceptors (Lipinski definition) is 6. The minimum atomic E-state index is 0.398. The minimum absolute atomic E-state index is 0.398. The summed E-state index contributed by atoms with van der Waals surface area (Å²) in [5.74, 6) is 2.55. The fourth-order valence-electron chi connectivity index (χ4n) is 2.68. The topological polar surface area (TPSA) is 57.4 Å². The molecule has 5 nitrogen and oxygen atoms in total. The van der Waals surface area contributed by atoms with Crippen LogP contribution in [0.1, 0.15) is 17.0 Å². The van der Waals surface area contributed by atoms with Gasteiger partial charge in [-0.1, -0.05) is 28.1 Å². The summed E-state index contributed by atoms with van der Waals surface area (Å²) in [5, 5.41) is 10.1. The first-order chi connectivity index (χ1) is 14.2. The molecular formula is C22H17BrN2O3S. The number of ether oxygens (including phenoxy) is 2. The van der Waals surface area contributed by atoms with Gasteiger partial charge in [-0.3, -0.25) is 0 Å². The first kappa shape index (κ1) is 19.4. The van der Waals surface area contributed by atoms with Gasteiger partial charge < -0.3 is 13.9 Å².